The van der Waals surface area contributed by atoms with Gasteiger partial charge in [-0.25, -0.2) is 14.7 Å². The number of carbonyl (C=O) groups excluding carboxylic acids is 1. The van der Waals surface area contributed by atoms with E-state index in [0.717, 1.165) is 37.2 Å². The molecule has 2 heterocycles. The zero-order chi connectivity index (χ0) is 17.9. The van der Waals surface area contributed by atoms with Crippen molar-refractivity contribution in [2.24, 2.45) is 0 Å². The summed E-state index contributed by atoms with van der Waals surface area (Å²) in [5.41, 5.74) is 1.42. The maximum absolute atomic E-state index is 12.9. The first-order chi connectivity index (χ1) is 11.9. The summed E-state index contributed by atoms with van der Waals surface area (Å²) in [7, 11) is 0. The first-order valence-corrected chi connectivity index (χ1v) is 9.56. The number of anilines is 1. The number of nitrogens with zero attached hydrogens (tertiary/aromatic N) is 2. The van der Waals surface area contributed by atoms with E-state index in [1.54, 1.807) is 4.90 Å². The molecule has 0 aliphatic carbocycles. The van der Waals surface area contributed by atoms with Crippen LogP contribution in [0.1, 0.15) is 33.6 Å². The van der Waals surface area contributed by atoms with Gasteiger partial charge in [0.15, 0.2) is 5.13 Å². The molecule has 25 heavy (non-hydrogen) atoms. The minimum Gasteiger partial charge on any atom is -0.443 e. The van der Waals surface area contributed by atoms with Crippen LogP contribution in [0.25, 0.3) is 11.3 Å². The lowest BCUT2D eigenvalue weighted by Gasteiger charge is -2.34. The highest BCUT2D eigenvalue weighted by Gasteiger charge is 2.32. The molecule has 1 aliphatic heterocycles. The Morgan fingerprint density at radius 1 is 1.24 bits per heavy atom. The van der Waals surface area contributed by atoms with Crippen LogP contribution >= 0.6 is 11.3 Å². The number of ether oxygens (including phenoxy) is 1. The Balaban J connectivity index is 1.88. The summed E-state index contributed by atoms with van der Waals surface area (Å²) >= 11 is 1.49. The van der Waals surface area contributed by atoms with Crippen LogP contribution in [0.2, 0.25) is 0 Å². The van der Waals surface area contributed by atoms with Gasteiger partial charge in [0.1, 0.15) is 5.60 Å². The van der Waals surface area contributed by atoms with Crippen LogP contribution in [0, 0.1) is 0 Å². The van der Waals surface area contributed by atoms with Gasteiger partial charge >= 0.3 is 6.09 Å². The summed E-state index contributed by atoms with van der Waals surface area (Å²) in [6, 6.07) is 10.1. The molecule has 1 aromatic heterocycles. The third-order valence-corrected chi connectivity index (χ3v) is 4.87. The molecule has 1 fully saturated rings. The molecule has 3 rings (SSSR count). The average Bonchev–Trinajstić information content (AvgIpc) is 3.05. The summed E-state index contributed by atoms with van der Waals surface area (Å²) in [5, 5.41) is 6.05. The number of piperidine rings is 1. The number of nitrogens with one attached hydrogen (secondary N) is 1. The van der Waals surface area contributed by atoms with Crippen molar-refractivity contribution in [1.82, 2.24) is 10.3 Å². The number of amides is 1. The zero-order valence-electron chi connectivity index (χ0n) is 15.0. The number of hydrogen-bond donors (Lipinski definition) is 1. The smallest absolute Gasteiger partial charge is 0.416 e. The predicted octanol–water partition coefficient (Wildman–Crippen LogP) is 4.30. The van der Waals surface area contributed by atoms with E-state index < -0.39 is 5.60 Å². The fourth-order valence-electron chi connectivity index (χ4n) is 2.88. The summed E-state index contributed by atoms with van der Waals surface area (Å²) in [6.07, 6.45) is 1.49. The lowest BCUT2D eigenvalue weighted by atomic mass is 10.1. The highest BCUT2D eigenvalue weighted by atomic mass is 32.1. The van der Waals surface area contributed by atoms with E-state index in [0.29, 0.717) is 5.13 Å². The Morgan fingerprint density at radius 3 is 2.56 bits per heavy atom. The molecule has 0 saturated carbocycles. The van der Waals surface area contributed by atoms with Crippen LogP contribution in [-0.2, 0) is 4.74 Å². The fourth-order valence-corrected chi connectivity index (χ4v) is 3.77. The van der Waals surface area contributed by atoms with Gasteiger partial charge in [-0.3, -0.25) is 0 Å². The summed E-state index contributed by atoms with van der Waals surface area (Å²) < 4.78 is 5.66. The third-order valence-electron chi connectivity index (χ3n) is 4.03. The Hall–Kier alpha value is -1.92. The SMILES string of the molecule is CC(C)(C)OC(=O)N(c1nc(-c2ccccc2)cs1)C1CCNCC1. The second kappa shape index (κ2) is 7.54. The molecule has 134 valence electrons. The number of rotatable bonds is 3. The molecule has 0 atom stereocenters. The van der Waals surface area contributed by atoms with E-state index in [2.05, 4.69) is 5.32 Å². The lowest BCUT2D eigenvalue weighted by Crippen LogP contribution is -2.48. The van der Waals surface area contributed by atoms with Crippen molar-refractivity contribution < 1.29 is 9.53 Å². The number of aromatic nitrogens is 1. The molecule has 6 heteroatoms. The van der Waals surface area contributed by atoms with E-state index in [1.165, 1.54) is 11.3 Å². The minimum atomic E-state index is -0.526. The van der Waals surface area contributed by atoms with Crippen LogP contribution in [0.5, 0.6) is 0 Å². The highest BCUT2D eigenvalue weighted by Crippen LogP contribution is 2.31. The van der Waals surface area contributed by atoms with E-state index >= 15 is 0 Å². The van der Waals surface area contributed by atoms with Crippen LogP contribution < -0.4 is 10.2 Å². The van der Waals surface area contributed by atoms with Gasteiger partial charge in [-0.2, -0.15) is 0 Å². The molecule has 0 bridgehead atoms. The largest absolute Gasteiger partial charge is 0.443 e. The number of thiazole rings is 1. The van der Waals surface area contributed by atoms with Crippen molar-refractivity contribution in [3.05, 3.63) is 35.7 Å². The molecular weight excluding hydrogens is 334 g/mol. The van der Waals surface area contributed by atoms with Crippen LogP contribution in [0.3, 0.4) is 0 Å². The molecule has 0 unspecified atom stereocenters. The van der Waals surface area contributed by atoms with Gasteiger partial charge in [-0.1, -0.05) is 30.3 Å². The summed E-state index contributed by atoms with van der Waals surface area (Å²) in [6.45, 7) is 7.48. The number of benzene rings is 1. The molecule has 1 aliphatic rings. The van der Waals surface area contributed by atoms with Gasteiger partial charge in [0.25, 0.3) is 0 Å². The van der Waals surface area contributed by atoms with Gasteiger partial charge in [0, 0.05) is 17.0 Å². The minimum absolute atomic E-state index is 0.117. The van der Waals surface area contributed by atoms with E-state index in [9.17, 15) is 4.79 Å². The molecule has 1 saturated heterocycles. The topological polar surface area (TPSA) is 54.5 Å². The third kappa shape index (κ3) is 4.58. The standard InChI is InChI=1S/C19H25N3O2S/c1-19(2,3)24-18(23)22(15-9-11-20-12-10-15)17-21-16(13-25-17)14-7-5-4-6-8-14/h4-8,13,15,20H,9-12H2,1-3H3. The Kier molecular flexibility index (Phi) is 5.39. The number of hydrogen-bond acceptors (Lipinski definition) is 5. The van der Waals surface area contributed by atoms with Crippen molar-refractivity contribution in [2.75, 3.05) is 18.0 Å². The molecular formula is C19H25N3O2S. The van der Waals surface area contributed by atoms with Crippen molar-refractivity contribution in [2.45, 2.75) is 45.3 Å². The van der Waals surface area contributed by atoms with Gasteiger partial charge in [0.05, 0.1) is 5.69 Å². The molecule has 1 N–H and O–H groups in total. The second-order valence-corrected chi connectivity index (χ2v) is 8.05. The first-order valence-electron chi connectivity index (χ1n) is 8.68. The van der Waals surface area contributed by atoms with Crippen molar-refractivity contribution >= 4 is 22.6 Å². The first kappa shape index (κ1) is 17.9. The normalized spacial score (nSPS) is 15.8. The quantitative estimate of drug-likeness (QED) is 0.887. The van der Waals surface area contributed by atoms with Crippen molar-refractivity contribution in [3.63, 3.8) is 0 Å². The maximum atomic E-state index is 12.9. The average molecular weight is 359 g/mol. The molecule has 2 aromatic rings. The van der Waals surface area contributed by atoms with Gasteiger partial charge < -0.3 is 10.1 Å². The molecule has 0 spiro atoms. The van der Waals surface area contributed by atoms with E-state index in [4.69, 9.17) is 9.72 Å². The number of carbonyl (C=O) groups is 1. The Bertz CT molecular complexity index is 703. The zero-order valence-corrected chi connectivity index (χ0v) is 15.8. The maximum Gasteiger partial charge on any atom is 0.416 e. The Labute approximate surface area is 153 Å². The van der Waals surface area contributed by atoms with Gasteiger partial charge in [-0.15, -0.1) is 11.3 Å². The summed E-state index contributed by atoms with van der Waals surface area (Å²) in [5.74, 6) is 0. The van der Waals surface area contributed by atoms with E-state index in [1.807, 2.05) is 56.5 Å². The van der Waals surface area contributed by atoms with Crippen LogP contribution in [-0.4, -0.2) is 35.8 Å². The van der Waals surface area contributed by atoms with Crippen LogP contribution in [0.4, 0.5) is 9.93 Å². The second-order valence-electron chi connectivity index (χ2n) is 7.21. The molecule has 0 radical (unpaired) electrons. The fraction of sp³-hybridized carbons (Fsp3) is 0.474. The monoisotopic (exact) mass is 359 g/mol. The van der Waals surface area contributed by atoms with E-state index in [-0.39, 0.29) is 12.1 Å². The molecule has 1 aromatic carbocycles. The molecule has 5 nitrogen and oxygen atoms in total. The van der Waals surface area contributed by atoms with Gasteiger partial charge in [-0.05, 0) is 46.7 Å². The van der Waals surface area contributed by atoms with Crippen LogP contribution in [0.15, 0.2) is 35.7 Å². The predicted molar refractivity (Wildman–Crippen MR) is 102 cm³/mol. The lowest BCUT2D eigenvalue weighted by molar-refractivity contribution is 0.0559. The Morgan fingerprint density at radius 2 is 1.92 bits per heavy atom. The highest BCUT2D eigenvalue weighted by molar-refractivity contribution is 7.14. The van der Waals surface area contributed by atoms with Crippen molar-refractivity contribution in [3.8, 4) is 11.3 Å². The summed E-state index contributed by atoms with van der Waals surface area (Å²) in [4.78, 5) is 19.3. The van der Waals surface area contributed by atoms with Gasteiger partial charge in [0.2, 0.25) is 0 Å². The molecule has 1 amide bonds. The van der Waals surface area contributed by atoms with Crippen molar-refractivity contribution in [1.29, 1.82) is 0 Å².